The molecular weight excluding hydrogens is 188 g/mol. The minimum atomic E-state index is 0.656. The van der Waals surface area contributed by atoms with Crippen LogP contribution in [-0.2, 0) is 13.5 Å². The Bertz CT molecular complexity index is 269. The van der Waals surface area contributed by atoms with E-state index in [4.69, 9.17) is 0 Å². The summed E-state index contributed by atoms with van der Waals surface area (Å²) in [6.45, 7) is 5.45. The molecule has 1 heterocycles. The Hall–Kier alpha value is -0.900. The van der Waals surface area contributed by atoms with Crippen LogP contribution in [0.4, 0.5) is 0 Å². The number of hydrogen-bond acceptors (Lipinski definition) is 3. The van der Waals surface area contributed by atoms with Crippen LogP contribution in [0.1, 0.15) is 38.9 Å². The fraction of sp³-hybridized carbons (Fsp3) is 0.818. The molecule has 15 heavy (non-hydrogen) atoms. The van der Waals surface area contributed by atoms with Crippen molar-refractivity contribution >= 4 is 0 Å². The Kier molecular flexibility index (Phi) is 5.32. The molecule has 0 spiro atoms. The van der Waals surface area contributed by atoms with Crippen LogP contribution in [0.25, 0.3) is 0 Å². The van der Waals surface area contributed by atoms with Gasteiger partial charge in [0.1, 0.15) is 12.2 Å². The number of nitrogens with one attached hydrogen (secondary N) is 1. The summed E-state index contributed by atoms with van der Waals surface area (Å²) < 4.78 is 1.84. The van der Waals surface area contributed by atoms with Crippen molar-refractivity contribution in [3.63, 3.8) is 0 Å². The lowest BCUT2D eigenvalue weighted by Gasteiger charge is -2.15. The van der Waals surface area contributed by atoms with E-state index >= 15 is 0 Å². The van der Waals surface area contributed by atoms with E-state index in [1.807, 2.05) is 11.7 Å². The molecule has 1 atom stereocenters. The van der Waals surface area contributed by atoms with Crippen molar-refractivity contribution in [2.45, 2.75) is 45.6 Å². The first kappa shape index (κ1) is 12.2. The quantitative estimate of drug-likeness (QED) is 0.742. The Labute approximate surface area is 92.1 Å². The molecule has 0 aliphatic rings. The summed E-state index contributed by atoms with van der Waals surface area (Å²) in [7, 11) is 1.94. The van der Waals surface area contributed by atoms with Crippen LogP contribution in [0.3, 0.4) is 0 Å². The highest BCUT2D eigenvalue weighted by atomic mass is 15.3. The van der Waals surface area contributed by atoms with Crippen LogP contribution in [0.5, 0.6) is 0 Å². The average Bonchev–Trinajstić information content (AvgIpc) is 2.63. The predicted octanol–water partition coefficient (Wildman–Crippen LogP) is 1.53. The van der Waals surface area contributed by atoms with Gasteiger partial charge in [0.15, 0.2) is 0 Å². The summed E-state index contributed by atoms with van der Waals surface area (Å²) >= 11 is 0. The normalized spacial score (nSPS) is 13.0. The summed E-state index contributed by atoms with van der Waals surface area (Å²) in [5.41, 5.74) is 0. The van der Waals surface area contributed by atoms with E-state index in [0.717, 1.165) is 18.8 Å². The maximum atomic E-state index is 4.20. The summed E-state index contributed by atoms with van der Waals surface area (Å²) in [4.78, 5) is 4.20. The van der Waals surface area contributed by atoms with Gasteiger partial charge in [0.2, 0.25) is 0 Å². The third-order valence-electron chi connectivity index (χ3n) is 2.72. The molecule has 0 aromatic carbocycles. The summed E-state index contributed by atoms with van der Waals surface area (Å²) in [5.74, 6) is 1.05. The molecular formula is C11H22N4. The van der Waals surface area contributed by atoms with E-state index in [9.17, 15) is 0 Å². The molecule has 0 saturated heterocycles. The van der Waals surface area contributed by atoms with Crippen LogP contribution in [0, 0.1) is 0 Å². The van der Waals surface area contributed by atoms with Gasteiger partial charge < -0.3 is 5.32 Å². The molecule has 4 nitrogen and oxygen atoms in total. The summed E-state index contributed by atoms with van der Waals surface area (Å²) in [6.07, 6.45) is 6.27. The molecule has 1 N–H and O–H groups in total. The summed E-state index contributed by atoms with van der Waals surface area (Å²) in [5, 5.41) is 7.60. The third kappa shape index (κ3) is 4.00. The zero-order valence-corrected chi connectivity index (χ0v) is 10.0. The monoisotopic (exact) mass is 210 g/mol. The maximum absolute atomic E-state index is 4.20. The topological polar surface area (TPSA) is 42.7 Å². The van der Waals surface area contributed by atoms with Crippen LogP contribution < -0.4 is 5.32 Å². The predicted molar refractivity (Wildman–Crippen MR) is 61.7 cm³/mol. The number of nitrogens with zero attached hydrogens (tertiary/aromatic N) is 3. The number of aromatic nitrogens is 3. The van der Waals surface area contributed by atoms with Crippen molar-refractivity contribution in [2.75, 3.05) is 6.54 Å². The van der Waals surface area contributed by atoms with Gasteiger partial charge in [-0.3, -0.25) is 4.68 Å². The van der Waals surface area contributed by atoms with Crippen LogP contribution >= 0.6 is 0 Å². The molecule has 86 valence electrons. The van der Waals surface area contributed by atoms with Crippen molar-refractivity contribution < 1.29 is 0 Å². The molecule has 0 amide bonds. The van der Waals surface area contributed by atoms with Gasteiger partial charge >= 0.3 is 0 Å². The highest BCUT2D eigenvalue weighted by Gasteiger charge is 2.05. The van der Waals surface area contributed by atoms with Gasteiger partial charge in [0.05, 0.1) is 0 Å². The third-order valence-corrected chi connectivity index (χ3v) is 2.72. The van der Waals surface area contributed by atoms with Crippen LogP contribution in [-0.4, -0.2) is 27.4 Å². The fourth-order valence-corrected chi connectivity index (χ4v) is 1.73. The Morgan fingerprint density at radius 2 is 2.27 bits per heavy atom. The van der Waals surface area contributed by atoms with Crippen molar-refractivity contribution in [1.82, 2.24) is 20.1 Å². The van der Waals surface area contributed by atoms with Gasteiger partial charge in [-0.2, -0.15) is 5.10 Å². The largest absolute Gasteiger partial charge is 0.314 e. The van der Waals surface area contributed by atoms with Gasteiger partial charge in [0, 0.05) is 26.1 Å². The van der Waals surface area contributed by atoms with Gasteiger partial charge in [-0.25, -0.2) is 4.98 Å². The molecule has 4 heteroatoms. The highest BCUT2D eigenvalue weighted by Crippen LogP contribution is 2.01. The van der Waals surface area contributed by atoms with Crippen molar-refractivity contribution in [1.29, 1.82) is 0 Å². The maximum Gasteiger partial charge on any atom is 0.138 e. The standard InChI is InChI=1S/C11H22N4/c1-4-6-10(5-2)12-8-7-11-13-9-14-15(11)3/h9-10,12H,4-8H2,1-3H3. The van der Waals surface area contributed by atoms with E-state index < -0.39 is 0 Å². The average molecular weight is 210 g/mol. The van der Waals surface area contributed by atoms with E-state index in [-0.39, 0.29) is 0 Å². The second-order valence-electron chi connectivity index (χ2n) is 3.90. The molecule has 0 aliphatic carbocycles. The molecule has 0 radical (unpaired) electrons. The van der Waals surface area contributed by atoms with Gasteiger partial charge in [-0.05, 0) is 12.8 Å². The van der Waals surface area contributed by atoms with E-state index in [1.165, 1.54) is 19.3 Å². The molecule has 0 bridgehead atoms. The number of hydrogen-bond donors (Lipinski definition) is 1. The minimum absolute atomic E-state index is 0.656. The first-order chi connectivity index (χ1) is 7.27. The molecule has 0 fully saturated rings. The summed E-state index contributed by atoms with van der Waals surface area (Å²) in [6, 6.07) is 0.656. The zero-order valence-electron chi connectivity index (χ0n) is 10.0. The Morgan fingerprint density at radius 3 is 2.80 bits per heavy atom. The van der Waals surface area contributed by atoms with Gasteiger partial charge in [-0.1, -0.05) is 20.3 Å². The Morgan fingerprint density at radius 1 is 1.47 bits per heavy atom. The zero-order chi connectivity index (χ0) is 11.1. The molecule has 0 saturated carbocycles. The second-order valence-corrected chi connectivity index (χ2v) is 3.90. The van der Waals surface area contributed by atoms with E-state index in [1.54, 1.807) is 6.33 Å². The molecule has 1 aromatic rings. The van der Waals surface area contributed by atoms with Gasteiger partial charge in [-0.15, -0.1) is 0 Å². The highest BCUT2D eigenvalue weighted by molar-refractivity contribution is 4.84. The van der Waals surface area contributed by atoms with Gasteiger partial charge in [0.25, 0.3) is 0 Å². The lowest BCUT2D eigenvalue weighted by Crippen LogP contribution is -2.30. The lowest BCUT2D eigenvalue weighted by atomic mass is 10.1. The lowest BCUT2D eigenvalue weighted by molar-refractivity contribution is 0.462. The first-order valence-corrected chi connectivity index (χ1v) is 5.84. The molecule has 1 unspecified atom stereocenters. The SMILES string of the molecule is CCCC(CC)NCCc1ncnn1C. The minimum Gasteiger partial charge on any atom is -0.314 e. The number of aryl methyl sites for hydroxylation is 1. The smallest absolute Gasteiger partial charge is 0.138 e. The first-order valence-electron chi connectivity index (χ1n) is 5.84. The van der Waals surface area contributed by atoms with E-state index in [2.05, 4.69) is 29.2 Å². The van der Waals surface area contributed by atoms with E-state index in [0.29, 0.717) is 6.04 Å². The van der Waals surface area contributed by atoms with Crippen molar-refractivity contribution in [2.24, 2.45) is 7.05 Å². The molecule has 1 aromatic heterocycles. The Balaban J connectivity index is 2.23. The number of rotatable bonds is 7. The fourth-order valence-electron chi connectivity index (χ4n) is 1.73. The van der Waals surface area contributed by atoms with Crippen LogP contribution in [0.2, 0.25) is 0 Å². The molecule has 1 rings (SSSR count). The molecule has 0 aliphatic heterocycles. The van der Waals surface area contributed by atoms with Crippen molar-refractivity contribution in [3.8, 4) is 0 Å². The van der Waals surface area contributed by atoms with Crippen molar-refractivity contribution in [3.05, 3.63) is 12.2 Å². The second kappa shape index (κ2) is 6.56. The van der Waals surface area contributed by atoms with Crippen LogP contribution in [0.15, 0.2) is 6.33 Å².